The molecule has 0 unspecified atom stereocenters. The molecule has 170 valence electrons. The van der Waals surface area contributed by atoms with Crippen molar-refractivity contribution < 1.29 is 14.3 Å². The molecule has 5 rings (SSSR count). The van der Waals surface area contributed by atoms with E-state index in [2.05, 4.69) is 20.3 Å². The molecule has 11 nitrogen and oxygen atoms in total. The molecule has 33 heavy (non-hydrogen) atoms. The van der Waals surface area contributed by atoms with Crippen LogP contribution >= 0.6 is 0 Å². The standard InChI is InChI=1S/C22H24N8O3/c1-32-17-11-14(10-15(20(23)31)19(17)33-2)29-12-18(24-13-29)25-22-26-21(28-7-3-4-8-28)16-6-5-9-30(16)27-22/h5-6,9-13H,3-4,7-8H2,1-2H3,(H2,23,31)(H,25,27). The highest BCUT2D eigenvalue weighted by Crippen LogP contribution is 2.34. The Morgan fingerprint density at radius 1 is 1.18 bits per heavy atom. The van der Waals surface area contributed by atoms with E-state index in [4.69, 9.17) is 20.2 Å². The maximum Gasteiger partial charge on any atom is 0.252 e. The molecular weight excluding hydrogens is 424 g/mol. The number of nitrogens with two attached hydrogens (primary N) is 1. The highest BCUT2D eigenvalue weighted by molar-refractivity contribution is 5.97. The van der Waals surface area contributed by atoms with Gasteiger partial charge in [-0.2, -0.15) is 4.98 Å². The first kappa shape index (κ1) is 20.6. The summed E-state index contributed by atoms with van der Waals surface area (Å²) >= 11 is 0. The predicted molar refractivity (Wildman–Crippen MR) is 123 cm³/mol. The van der Waals surface area contributed by atoms with Gasteiger partial charge in [0.1, 0.15) is 11.8 Å². The van der Waals surface area contributed by atoms with Crippen LogP contribution in [0.5, 0.6) is 11.5 Å². The fourth-order valence-corrected chi connectivity index (χ4v) is 4.06. The van der Waals surface area contributed by atoms with E-state index < -0.39 is 5.91 Å². The number of amides is 1. The van der Waals surface area contributed by atoms with Gasteiger partial charge in [-0.25, -0.2) is 9.50 Å². The van der Waals surface area contributed by atoms with Crippen LogP contribution in [0, 0.1) is 0 Å². The quantitative estimate of drug-likeness (QED) is 0.442. The lowest BCUT2D eigenvalue weighted by Gasteiger charge is -2.18. The molecular formula is C22H24N8O3. The fourth-order valence-electron chi connectivity index (χ4n) is 4.06. The van der Waals surface area contributed by atoms with Crippen LogP contribution in [0.2, 0.25) is 0 Å². The summed E-state index contributed by atoms with van der Waals surface area (Å²) in [7, 11) is 2.96. The maximum atomic E-state index is 11.9. The van der Waals surface area contributed by atoms with Crippen LogP contribution in [0.25, 0.3) is 11.2 Å². The molecule has 1 aliphatic heterocycles. The summed E-state index contributed by atoms with van der Waals surface area (Å²) in [6.07, 6.45) is 7.59. The molecule has 0 spiro atoms. The number of benzene rings is 1. The highest BCUT2D eigenvalue weighted by Gasteiger charge is 2.20. The van der Waals surface area contributed by atoms with Crippen LogP contribution in [-0.2, 0) is 0 Å². The molecule has 0 saturated carbocycles. The van der Waals surface area contributed by atoms with E-state index in [1.54, 1.807) is 29.2 Å². The number of methoxy groups -OCH3 is 2. The van der Waals surface area contributed by atoms with Gasteiger partial charge in [0, 0.05) is 25.4 Å². The third kappa shape index (κ3) is 3.77. The molecule has 0 atom stereocenters. The third-order valence-corrected chi connectivity index (χ3v) is 5.63. The third-order valence-electron chi connectivity index (χ3n) is 5.63. The van der Waals surface area contributed by atoms with Crippen LogP contribution in [0.15, 0.2) is 43.0 Å². The van der Waals surface area contributed by atoms with Gasteiger partial charge >= 0.3 is 0 Å². The Labute approximate surface area is 189 Å². The Bertz CT molecular complexity index is 1320. The number of carbonyl (C=O) groups is 1. The summed E-state index contributed by atoms with van der Waals surface area (Å²) in [5.74, 6) is 1.95. The van der Waals surface area contributed by atoms with Crippen molar-refractivity contribution in [1.29, 1.82) is 0 Å². The van der Waals surface area contributed by atoms with Crippen molar-refractivity contribution in [3.8, 4) is 17.2 Å². The van der Waals surface area contributed by atoms with E-state index in [9.17, 15) is 4.79 Å². The Hall–Kier alpha value is -4.28. The second-order valence-corrected chi connectivity index (χ2v) is 7.68. The molecule has 0 aliphatic carbocycles. The molecule has 3 aromatic heterocycles. The molecule has 1 fully saturated rings. The number of imidazole rings is 1. The van der Waals surface area contributed by atoms with E-state index >= 15 is 0 Å². The number of fused-ring (bicyclic) bond motifs is 1. The van der Waals surface area contributed by atoms with Gasteiger partial charge in [0.05, 0.1) is 31.7 Å². The van der Waals surface area contributed by atoms with Crippen LogP contribution in [0.4, 0.5) is 17.6 Å². The van der Waals surface area contributed by atoms with Gasteiger partial charge in [0.15, 0.2) is 23.1 Å². The zero-order valence-corrected chi connectivity index (χ0v) is 18.4. The molecule has 4 heterocycles. The number of rotatable bonds is 7. The lowest BCUT2D eigenvalue weighted by molar-refractivity contribution is 0.0996. The summed E-state index contributed by atoms with van der Waals surface area (Å²) in [6, 6.07) is 7.34. The van der Waals surface area contributed by atoms with E-state index in [0.29, 0.717) is 23.2 Å². The molecule has 1 saturated heterocycles. The number of nitrogens with one attached hydrogen (secondary N) is 1. The van der Waals surface area contributed by atoms with E-state index in [1.165, 1.54) is 14.2 Å². The van der Waals surface area contributed by atoms with Gasteiger partial charge < -0.3 is 30.0 Å². The molecule has 4 aromatic rings. The number of hydrogen-bond acceptors (Lipinski definition) is 8. The minimum absolute atomic E-state index is 0.215. The van der Waals surface area contributed by atoms with Crippen molar-refractivity contribution in [2.24, 2.45) is 5.73 Å². The summed E-state index contributed by atoms with van der Waals surface area (Å²) in [4.78, 5) is 23.4. The highest BCUT2D eigenvalue weighted by atomic mass is 16.5. The van der Waals surface area contributed by atoms with Crippen molar-refractivity contribution in [3.05, 3.63) is 48.5 Å². The van der Waals surface area contributed by atoms with Crippen LogP contribution in [0.1, 0.15) is 23.2 Å². The van der Waals surface area contributed by atoms with Gasteiger partial charge in [0.25, 0.3) is 5.91 Å². The number of hydrogen-bond donors (Lipinski definition) is 2. The zero-order chi connectivity index (χ0) is 22.9. The van der Waals surface area contributed by atoms with E-state index in [0.717, 1.165) is 37.3 Å². The number of nitrogens with zero attached hydrogens (tertiary/aromatic N) is 6. The molecule has 1 amide bonds. The van der Waals surface area contributed by atoms with Crippen LogP contribution in [0.3, 0.4) is 0 Å². The lowest BCUT2D eigenvalue weighted by Crippen LogP contribution is -2.21. The fraction of sp³-hybridized carbons (Fsp3) is 0.273. The van der Waals surface area contributed by atoms with Crippen LogP contribution < -0.4 is 25.4 Å². The van der Waals surface area contributed by atoms with Gasteiger partial charge in [-0.15, -0.1) is 5.10 Å². The van der Waals surface area contributed by atoms with Gasteiger partial charge in [0.2, 0.25) is 5.95 Å². The summed E-state index contributed by atoms with van der Waals surface area (Å²) in [5.41, 5.74) is 7.36. The van der Waals surface area contributed by atoms with E-state index in [1.807, 2.05) is 22.8 Å². The average molecular weight is 448 g/mol. The number of carbonyl (C=O) groups excluding carboxylic acids is 1. The first-order valence-electron chi connectivity index (χ1n) is 10.5. The monoisotopic (exact) mass is 448 g/mol. The summed E-state index contributed by atoms with van der Waals surface area (Å²) < 4.78 is 14.2. The topological polar surface area (TPSA) is 125 Å². The first-order valence-corrected chi connectivity index (χ1v) is 10.5. The molecule has 1 aliphatic rings. The largest absolute Gasteiger partial charge is 0.493 e. The smallest absolute Gasteiger partial charge is 0.252 e. The number of anilines is 3. The lowest BCUT2D eigenvalue weighted by atomic mass is 10.1. The molecule has 1 aromatic carbocycles. The van der Waals surface area contributed by atoms with Gasteiger partial charge in [-0.1, -0.05) is 0 Å². The Kier molecular flexibility index (Phi) is 5.21. The second-order valence-electron chi connectivity index (χ2n) is 7.68. The van der Waals surface area contributed by atoms with Gasteiger partial charge in [-0.3, -0.25) is 4.79 Å². The van der Waals surface area contributed by atoms with Crippen molar-refractivity contribution in [2.75, 3.05) is 37.5 Å². The van der Waals surface area contributed by atoms with Gasteiger partial charge in [-0.05, 0) is 31.0 Å². The SMILES string of the molecule is COc1cc(-n2cnc(Nc3nc(N4CCCC4)c4cccn4n3)c2)cc(C(N)=O)c1OC. The number of ether oxygens (including phenoxy) is 2. The van der Waals surface area contributed by atoms with Crippen molar-refractivity contribution >= 4 is 29.0 Å². The van der Waals surface area contributed by atoms with Crippen LogP contribution in [-0.4, -0.2) is 57.4 Å². The van der Waals surface area contributed by atoms with Crippen molar-refractivity contribution in [1.82, 2.24) is 24.1 Å². The molecule has 0 bridgehead atoms. The Morgan fingerprint density at radius 3 is 2.73 bits per heavy atom. The predicted octanol–water partition coefficient (Wildman–Crippen LogP) is 2.37. The Balaban J connectivity index is 1.47. The minimum Gasteiger partial charge on any atom is -0.493 e. The zero-order valence-electron chi connectivity index (χ0n) is 18.4. The number of aromatic nitrogens is 5. The summed E-state index contributed by atoms with van der Waals surface area (Å²) in [5, 5.41) is 7.73. The molecule has 3 N–H and O–H groups in total. The Morgan fingerprint density at radius 2 is 2.00 bits per heavy atom. The normalized spacial score (nSPS) is 13.5. The van der Waals surface area contributed by atoms with Crippen molar-refractivity contribution in [3.63, 3.8) is 0 Å². The summed E-state index contributed by atoms with van der Waals surface area (Å²) in [6.45, 7) is 1.96. The maximum absolute atomic E-state index is 11.9. The number of primary amides is 1. The first-order chi connectivity index (χ1) is 16.1. The second kappa shape index (κ2) is 8.34. The molecule has 11 heteroatoms. The van der Waals surface area contributed by atoms with Crippen molar-refractivity contribution in [2.45, 2.75) is 12.8 Å². The van der Waals surface area contributed by atoms with E-state index in [-0.39, 0.29) is 11.3 Å². The minimum atomic E-state index is -0.617. The average Bonchev–Trinajstić information content (AvgIpc) is 3.59. The molecule has 0 radical (unpaired) electrons.